The Morgan fingerprint density at radius 3 is 2.23 bits per heavy atom. The molecule has 0 bridgehead atoms. The Kier molecular flexibility index (Phi) is 6.63. The molecule has 7 heteroatoms. The van der Waals surface area contributed by atoms with Gasteiger partial charge in [0.2, 0.25) is 0 Å². The molecule has 1 N–H and O–H groups in total. The van der Waals surface area contributed by atoms with Gasteiger partial charge in [0.15, 0.2) is 0 Å². The Bertz CT molecular complexity index is 820. The van der Waals surface area contributed by atoms with E-state index in [0.717, 1.165) is 5.56 Å². The van der Waals surface area contributed by atoms with Crippen molar-refractivity contribution in [3.8, 4) is 5.75 Å². The van der Waals surface area contributed by atoms with Crippen molar-refractivity contribution in [2.45, 2.75) is 17.9 Å². The molecular formula is C19H26N2O4S. The first-order valence-corrected chi connectivity index (χ1v) is 9.75. The summed E-state index contributed by atoms with van der Waals surface area (Å²) >= 11 is 0. The van der Waals surface area contributed by atoms with E-state index in [1.54, 1.807) is 48.5 Å². The quantitative estimate of drug-likeness (QED) is 0.762. The molecule has 0 aliphatic carbocycles. The molecule has 1 atom stereocenters. The molecular weight excluding hydrogens is 352 g/mol. The number of methoxy groups -OCH3 is 1. The highest BCUT2D eigenvalue weighted by Gasteiger charge is 2.29. The number of benzene rings is 2. The van der Waals surface area contributed by atoms with Crippen LogP contribution >= 0.6 is 0 Å². The Balaban J connectivity index is 2.50. The van der Waals surface area contributed by atoms with Crippen LogP contribution in [0.5, 0.6) is 5.75 Å². The van der Waals surface area contributed by atoms with Crippen molar-refractivity contribution in [2.75, 3.05) is 38.6 Å². The molecule has 2 aromatic carbocycles. The molecule has 0 spiro atoms. The predicted molar refractivity (Wildman–Crippen MR) is 103 cm³/mol. The van der Waals surface area contributed by atoms with Crippen molar-refractivity contribution in [3.63, 3.8) is 0 Å². The van der Waals surface area contributed by atoms with E-state index in [-0.39, 0.29) is 11.4 Å². The van der Waals surface area contributed by atoms with E-state index in [2.05, 4.69) is 0 Å². The minimum Gasteiger partial charge on any atom is -0.495 e. The van der Waals surface area contributed by atoms with Gasteiger partial charge in [-0.05, 0) is 45.3 Å². The Morgan fingerprint density at radius 1 is 1.04 bits per heavy atom. The van der Waals surface area contributed by atoms with Gasteiger partial charge in [-0.3, -0.25) is 4.31 Å². The summed E-state index contributed by atoms with van der Waals surface area (Å²) in [5.74, 6) is 0.431. The van der Waals surface area contributed by atoms with Crippen LogP contribution in [0, 0.1) is 6.92 Å². The van der Waals surface area contributed by atoms with E-state index in [1.165, 1.54) is 11.4 Å². The highest BCUT2D eigenvalue weighted by atomic mass is 32.2. The highest BCUT2D eigenvalue weighted by Crippen LogP contribution is 2.32. The summed E-state index contributed by atoms with van der Waals surface area (Å²) in [7, 11) is 1.28. The second kappa shape index (κ2) is 8.53. The second-order valence-electron chi connectivity index (χ2n) is 6.44. The Hall–Kier alpha value is -2.09. The van der Waals surface area contributed by atoms with E-state index >= 15 is 0 Å². The number of para-hydroxylation sites is 2. The number of ether oxygens (including phenoxy) is 1. The molecule has 0 saturated heterocycles. The minimum atomic E-state index is -3.86. The zero-order valence-electron chi connectivity index (χ0n) is 15.6. The minimum absolute atomic E-state index is 0.0746. The number of hydrogen-bond donors (Lipinski definition) is 1. The van der Waals surface area contributed by atoms with Crippen molar-refractivity contribution in [1.29, 1.82) is 0 Å². The number of rotatable bonds is 8. The predicted octanol–water partition coefficient (Wildman–Crippen LogP) is 2.12. The first-order chi connectivity index (χ1) is 12.3. The van der Waals surface area contributed by atoms with Crippen LogP contribution in [0.25, 0.3) is 0 Å². The maximum Gasteiger partial charge on any atom is 0.264 e. The summed E-state index contributed by atoms with van der Waals surface area (Å²) in [6.07, 6.45) is -0.852. The molecule has 0 amide bonds. The van der Waals surface area contributed by atoms with E-state index in [1.807, 2.05) is 25.9 Å². The first kappa shape index (κ1) is 20.2. The highest BCUT2D eigenvalue weighted by molar-refractivity contribution is 7.92. The first-order valence-electron chi connectivity index (χ1n) is 8.31. The van der Waals surface area contributed by atoms with Crippen LogP contribution in [0.15, 0.2) is 53.4 Å². The molecule has 2 rings (SSSR count). The van der Waals surface area contributed by atoms with Crippen molar-refractivity contribution >= 4 is 15.7 Å². The molecule has 0 aromatic heterocycles. The lowest BCUT2D eigenvalue weighted by Crippen LogP contribution is -2.41. The third-order valence-electron chi connectivity index (χ3n) is 3.92. The van der Waals surface area contributed by atoms with Gasteiger partial charge in [0.25, 0.3) is 10.0 Å². The van der Waals surface area contributed by atoms with Crippen LogP contribution in [-0.4, -0.2) is 58.8 Å². The summed E-state index contributed by atoms with van der Waals surface area (Å²) in [5.41, 5.74) is 1.37. The normalized spacial score (nSPS) is 12.8. The SMILES string of the molecule is COc1ccccc1N(CC(O)CN(C)C)S(=O)(=O)c1ccc(C)cc1. The summed E-state index contributed by atoms with van der Waals surface area (Å²) in [5, 5.41) is 10.4. The van der Waals surface area contributed by atoms with Gasteiger partial charge in [0, 0.05) is 6.54 Å². The number of likely N-dealkylation sites (N-methyl/N-ethyl adjacent to an activating group) is 1. The van der Waals surface area contributed by atoms with E-state index in [0.29, 0.717) is 18.0 Å². The van der Waals surface area contributed by atoms with Gasteiger partial charge in [-0.1, -0.05) is 29.8 Å². The third kappa shape index (κ3) is 4.75. The summed E-state index contributed by atoms with van der Waals surface area (Å²) < 4.78 is 33.1. The van der Waals surface area contributed by atoms with Gasteiger partial charge in [-0.25, -0.2) is 8.42 Å². The molecule has 0 saturated carbocycles. The topological polar surface area (TPSA) is 70.1 Å². The zero-order valence-corrected chi connectivity index (χ0v) is 16.4. The average Bonchev–Trinajstić information content (AvgIpc) is 2.59. The fraction of sp³-hybridized carbons (Fsp3) is 0.368. The average molecular weight is 378 g/mol. The lowest BCUT2D eigenvalue weighted by molar-refractivity contribution is 0.145. The lowest BCUT2D eigenvalue weighted by atomic mass is 10.2. The van der Waals surface area contributed by atoms with E-state index < -0.39 is 16.1 Å². The smallest absolute Gasteiger partial charge is 0.264 e. The van der Waals surface area contributed by atoms with Crippen LogP contribution < -0.4 is 9.04 Å². The van der Waals surface area contributed by atoms with Gasteiger partial charge in [0.1, 0.15) is 5.75 Å². The summed E-state index contributed by atoms with van der Waals surface area (Å²) in [4.78, 5) is 1.98. The van der Waals surface area contributed by atoms with Crippen LogP contribution in [-0.2, 0) is 10.0 Å². The molecule has 0 radical (unpaired) electrons. The molecule has 0 aliphatic heterocycles. The molecule has 0 heterocycles. The number of aliphatic hydroxyl groups is 1. The van der Waals surface area contributed by atoms with Gasteiger partial charge in [-0.2, -0.15) is 0 Å². The number of anilines is 1. The van der Waals surface area contributed by atoms with Crippen molar-refractivity contribution < 1.29 is 18.3 Å². The molecule has 2 aromatic rings. The van der Waals surface area contributed by atoms with Crippen molar-refractivity contribution in [3.05, 3.63) is 54.1 Å². The molecule has 6 nitrogen and oxygen atoms in total. The third-order valence-corrected chi connectivity index (χ3v) is 5.71. The maximum atomic E-state index is 13.3. The summed E-state index contributed by atoms with van der Waals surface area (Å²) in [6, 6.07) is 13.5. The van der Waals surface area contributed by atoms with Crippen LogP contribution in [0.4, 0.5) is 5.69 Å². The number of sulfonamides is 1. The number of nitrogens with zero attached hydrogens (tertiary/aromatic N) is 2. The molecule has 1 unspecified atom stereocenters. The van der Waals surface area contributed by atoms with Gasteiger partial charge < -0.3 is 14.7 Å². The van der Waals surface area contributed by atoms with Crippen molar-refractivity contribution in [2.24, 2.45) is 0 Å². The molecule has 26 heavy (non-hydrogen) atoms. The standard InChI is InChI=1S/C19H26N2O4S/c1-15-9-11-17(12-10-15)26(23,24)21(14-16(22)13-20(2)3)18-7-5-6-8-19(18)25-4/h5-12,16,22H,13-14H2,1-4H3. The fourth-order valence-electron chi connectivity index (χ4n) is 2.67. The van der Waals surface area contributed by atoms with E-state index in [4.69, 9.17) is 4.74 Å². The lowest BCUT2D eigenvalue weighted by Gasteiger charge is -2.29. The van der Waals surface area contributed by atoms with Crippen LogP contribution in [0.2, 0.25) is 0 Å². The monoisotopic (exact) mass is 378 g/mol. The number of aliphatic hydroxyl groups excluding tert-OH is 1. The number of aryl methyl sites for hydroxylation is 1. The summed E-state index contributed by atoms with van der Waals surface area (Å²) in [6.45, 7) is 2.17. The molecule has 0 fully saturated rings. The van der Waals surface area contributed by atoms with Crippen LogP contribution in [0.3, 0.4) is 0 Å². The second-order valence-corrected chi connectivity index (χ2v) is 8.30. The Morgan fingerprint density at radius 2 is 1.65 bits per heavy atom. The fourth-order valence-corrected chi connectivity index (χ4v) is 4.18. The number of hydrogen-bond acceptors (Lipinski definition) is 5. The zero-order chi connectivity index (χ0) is 19.3. The van der Waals surface area contributed by atoms with Gasteiger partial charge in [-0.15, -0.1) is 0 Å². The van der Waals surface area contributed by atoms with Crippen molar-refractivity contribution in [1.82, 2.24) is 4.90 Å². The molecule has 0 aliphatic rings. The van der Waals surface area contributed by atoms with Gasteiger partial charge in [0.05, 0.1) is 30.3 Å². The Labute approximate surface area is 155 Å². The van der Waals surface area contributed by atoms with Crippen LogP contribution in [0.1, 0.15) is 5.56 Å². The van der Waals surface area contributed by atoms with E-state index in [9.17, 15) is 13.5 Å². The maximum absolute atomic E-state index is 13.3. The largest absolute Gasteiger partial charge is 0.495 e. The van der Waals surface area contributed by atoms with Gasteiger partial charge >= 0.3 is 0 Å². The molecule has 142 valence electrons.